The second kappa shape index (κ2) is 5.68. The third-order valence-electron chi connectivity index (χ3n) is 1.91. The minimum atomic E-state index is -0.486. The van der Waals surface area contributed by atoms with Gasteiger partial charge in [-0.2, -0.15) is 0 Å². The van der Waals surface area contributed by atoms with Crippen molar-refractivity contribution in [3.63, 3.8) is 0 Å². The van der Waals surface area contributed by atoms with Gasteiger partial charge in [0, 0.05) is 12.8 Å². The Hall–Kier alpha value is -1.55. The topological polar surface area (TPSA) is 47.6 Å². The van der Waals surface area contributed by atoms with E-state index in [1.807, 2.05) is 45.0 Å². The Kier molecular flexibility index (Phi) is 4.52. The highest BCUT2D eigenvalue weighted by Crippen LogP contribution is 2.13. The first-order valence-electron chi connectivity index (χ1n) is 5.48. The van der Waals surface area contributed by atoms with Gasteiger partial charge >= 0.3 is 6.09 Å². The lowest BCUT2D eigenvalue weighted by Crippen LogP contribution is -2.27. The first kappa shape index (κ1) is 13.5. The molecule has 0 aliphatic carbocycles. The van der Waals surface area contributed by atoms with Gasteiger partial charge in [-0.05, 0) is 38.5 Å². The summed E-state index contributed by atoms with van der Waals surface area (Å²) in [5.41, 5.74) is 1.28. The van der Waals surface area contributed by atoms with Gasteiger partial charge in [0.15, 0.2) is 0 Å². The van der Waals surface area contributed by atoms with Crippen LogP contribution in [0.3, 0.4) is 0 Å². The zero-order valence-electron chi connectivity index (χ0n) is 10.7. The second-order valence-corrected chi connectivity index (χ2v) is 4.76. The molecular weight excluding hydrogens is 218 g/mol. The minimum absolute atomic E-state index is 0.447. The van der Waals surface area contributed by atoms with Crippen LogP contribution in [0.2, 0.25) is 0 Å². The van der Waals surface area contributed by atoms with Crippen molar-refractivity contribution in [2.24, 2.45) is 0 Å². The lowest BCUT2D eigenvalue weighted by molar-refractivity contribution is 0.0636. The number of anilines is 1. The summed E-state index contributed by atoms with van der Waals surface area (Å²) in [6, 6.07) is 7.43. The molecule has 17 heavy (non-hydrogen) atoms. The molecule has 0 heterocycles. The Labute approximate surface area is 102 Å². The average Bonchev–Trinajstić information content (AvgIpc) is 2.18. The molecule has 0 aliphatic rings. The van der Waals surface area contributed by atoms with Crippen molar-refractivity contribution in [1.29, 1.82) is 0 Å². The summed E-state index contributed by atoms with van der Waals surface area (Å²) in [6.45, 7) is 6.05. The van der Waals surface area contributed by atoms with Gasteiger partial charge in [0.1, 0.15) is 5.60 Å². The zero-order valence-corrected chi connectivity index (χ0v) is 10.7. The van der Waals surface area contributed by atoms with Crippen molar-refractivity contribution in [3.05, 3.63) is 29.8 Å². The number of benzene rings is 1. The van der Waals surface area contributed by atoms with Crippen molar-refractivity contribution in [2.45, 2.75) is 33.0 Å². The van der Waals surface area contributed by atoms with Gasteiger partial charge in [0.05, 0.1) is 6.61 Å². The number of carbonyl (C=O) groups is 1. The normalized spacial score (nSPS) is 11.1. The van der Waals surface area contributed by atoms with E-state index in [9.17, 15) is 4.79 Å². The lowest BCUT2D eigenvalue weighted by atomic mass is 10.2. The van der Waals surface area contributed by atoms with E-state index in [2.05, 4.69) is 5.32 Å². The summed E-state index contributed by atoms with van der Waals surface area (Å²) in [5, 5.41) is 2.67. The van der Waals surface area contributed by atoms with Crippen LogP contribution < -0.4 is 5.32 Å². The number of rotatable bonds is 3. The molecule has 0 aromatic heterocycles. The van der Waals surface area contributed by atoms with E-state index >= 15 is 0 Å². The summed E-state index contributed by atoms with van der Waals surface area (Å²) < 4.78 is 10.1. The molecule has 0 unspecified atom stereocenters. The molecule has 0 aliphatic heterocycles. The Bertz CT molecular complexity index is 365. The number of hydrogen-bond donors (Lipinski definition) is 1. The van der Waals surface area contributed by atoms with Crippen LogP contribution in [-0.4, -0.2) is 18.8 Å². The maximum atomic E-state index is 11.5. The van der Waals surface area contributed by atoms with E-state index in [1.165, 1.54) is 0 Å². The Morgan fingerprint density at radius 3 is 2.29 bits per heavy atom. The molecule has 4 heteroatoms. The van der Waals surface area contributed by atoms with Crippen LogP contribution >= 0.6 is 0 Å². The molecule has 4 nitrogen and oxygen atoms in total. The van der Waals surface area contributed by atoms with Gasteiger partial charge in [-0.3, -0.25) is 5.32 Å². The van der Waals surface area contributed by atoms with Gasteiger partial charge in [-0.25, -0.2) is 4.79 Å². The average molecular weight is 237 g/mol. The van der Waals surface area contributed by atoms with Gasteiger partial charge in [0.25, 0.3) is 0 Å². The van der Waals surface area contributed by atoms with Crippen LogP contribution in [0.5, 0.6) is 0 Å². The van der Waals surface area contributed by atoms with Crippen molar-refractivity contribution in [3.8, 4) is 0 Å². The standard InChI is InChI=1S/C13H19NO3/c1-13(2,3)17-12(15)14-11-7-5-10(6-8-11)9-16-4/h5-8H,9H2,1-4H3,(H,14,15). The first-order valence-corrected chi connectivity index (χ1v) is 5.48. The van der Waals surface area contributed by atoms with Crippen molar-refractivity contribution in [1.82, 2.24) is 0 Å². The minimum Gasteiger partial charge on any atom is -0.444 e. The molecule has 1 aromatic carbocycles. The fourth-order valence-corrected chi connectivity index (χ4v) is 1.27. The molecule has 0 radical (unpaired) electrons. The van der Waals surface area contributed by atoms with E-state index in [-0.39, 0.29) is 0 Å². The SMILES string of the molecule is COCc1ccc(NC(=O)OC(C)(C)C)cc1. The molecule has 1 aromatic rings. The quantitative estimate of drug-likeness (QED) is 0.878. The third-order valence-corrected chi connectivity index (χ3v) is 1.91. The molecule has 1 N–H and O–H groups in total. The fraction of sp³-hybridized carbons (Fsp3) is 0.462. The molecule has 0 spiro atoms. The fourth-order valence-electron chi connectivity index (χ4n) is 1.27. The van der Waals surface area contributed by atoms with Crippen LogP contribution in [0.4, 0.5) is 10.5 Å². The first-order chi connectivity index (χ1) is 7.90. The Balaban J connectivity index is 2.54. The van der Waals surface area contributed by atoms with Gasteiger partial charge in [-0.15, -0.1) is 0 Å². The number of nitrogens with one attached hydrogen (secondary N) is 1. The monoisotopic (exact) mass is 237 g/mol. The van der Waals surface area contributed by atoms with Crippen LogP contribution in [0.15, 0.2) is 24.3 Å². The predicted octanol–water partition coefficient (Wildman–Crippen LogP) is 3.18. The van der Waals surface area contributed by atoms with E-state index in [1.54, 1.807) is 7.11 Å². The number of amides is 1. The maximum absolute atomic E-state index is 11.5. The van der Waals surface area contributed by atoms with E-state index in [4.69, 9.17) is 9.47 Å². The molecule has 1 amide bonds. The summed E-state index contributed by atoms with van der Waals surface area (Å²) >= 11 is 0. The third kappa shape index (κ3) is 5.36. The summed E-state index contributed by atoms with van der Waals surface area (Å²) in [6.07, 6.45) is -0.447. The molecule has 0 bridgehead atoms. The number of hydrogen-bond acceptors (Lipinski definition) is 3. The number of methoxy groups -OCH3 is 1. The molecule has 1 rings (SSSR count). The largest absolute Gasteiger partial charge is 0.444 e. The van der Waals surface area contributed by atoms with Crippen LogP contribution in [0.25, 0.3) is 0 Å². The number of ether oxygens (including phenoxy) is 2. The highest BCUT2D eigenvalue weighted by molar-refractivity contribution is 5.84. The maximum Gasteiger partial charge on any atom is 0.412 e. The zero-order chi connectivity index (χ0) is 12.9. The van der Waals surface area contributed by atoms with Crippen LogP contribution in [0, 0.1) is 0 Å². The van der Waals surface area contributed by atoms with Gasteiger partial charge in [-0.1, -0.05) is 12.1 Å². The molecular formula is C13H19NO3. The lowest BCUT2D eigenvalue weighted by Gasteiger charge is -2.19. The predicted molar refractivity (Wildman–Crippen MR) is 67.0 cm³/mol. The van der Waals surface area contributed by atoms with Crippen LogP contribution in [-0.2, 0) is 16.1 Å². The molecule has 0 saturated carbocycles. The van der Waals surface area contributed by atoms with E-state index in [0.717, 1.165) is 5.56 Å². The molecule has 0 fully saturated rings. The van der Waals surface area contributed by atoms with E-state index in [0.29, 0.717) is 12.3 Å². The molecule has 0 saturated heterocycles. The summed E-state index contributed by atoms with van der Waals surface area (Å²) in [4.78, 5) is 11.5. The summed E-state index contributed by atoms with van der Waals surface area (Å²) in [7, 11) is 1.65. The second-order valence-electron chi connectivity index (χ2n) is 4.76. The smallest absolute Gasteiger partial charge is 0.412 e. The van der Waals surface area contributed by atoms with Crippen LogP contribution in [0.1, 0.15) is 26.3 Å². The molecule has 0 atom stereocenters. The van der Waals surface area contributed by atoms with Gasteiger partial charge < -0.3 is 9.47 Å². The summed E-state index contributed by atoms with van der Waals surface area (Å²) in [5.74, 6) is 0. The molecule has 94 valence electrons. The Morgan fingerprint density at radius 1 is 1.24 bits per heavy atom. The van der Waals surface area contributed by atoms with Gasteiger partial charge in [0.2, 0.25) is 0 Å². The van der Waals surface area contributed by atoms with Crippen molar-refractivity contribution in [2.75, 3.05) is 12.4 Å². The highest BCUT2D eigenvalue weighted by atomic mass is 16.6. The Morgan fingerprint density at radius 2 is 1.82 bits per heavy atom. The number of carbonyl (C=O) groups excluding carboxylic acids is 1. The van der Waals surface area contributed by atoms with Crippen molar-refractivity contribution < 1.29 is 14.3 Å². The van der Waals surface area contributed by atoms with Crippen molar-refractivity contribution >= 4 is 11.8 Å². The van der Waals surface area contributed by atoms with E-state index < -0.39 is 11.7 Å². The highest BCUT2D eigenvalue weighted by Gasteiger charge is 2.15.